The molecule has 0 heterocycles. The Bertz CT molecular complexity index is 340. The van der Waals surface area contributed by atoms with E-state index in [2.05, 4.69) is 52.0 Å². The quantitative estimate of drug-likeness (QED) is 0.338. The molecule has 0 saturated heterocycles. The molecule has 1 atom stereocenters. The predicted octanol–water partition coefficient (Wildman–Crippen LogP) is 5.36. The van der Waals surface area contributed by atoms with Crippen LogP contribution in [0.25, 0.3) is 0 Å². The number of rotatable bonds is 7. The van der Waals surface area contributed by atoms with Crippen molar-refractivity contribution in [2.24, 2.45) is 5.92 Å². The number of hydrogen-bond acceptors (Lipinski definition) is 1. The van der Waals surface area contributed by atoms with Gasteiger partial charge in [0.15, 0.2) is 0 Å². The van der Waals surface area contributed by atoms with Gasteiger partial charge >= 0.3 is 107 Å². The molecule has 1 nitrogen and oxygen atoms in total. The van der Waals surface area contributed by atoms with E-state index in [1.165, 1.54) is 11.1 Å². The second kappa shape index (κ2) is 10.5. The van der Waals surface area contributed by atoms with Gasteiger partial charge in [-0.1, -0.05) is 0 Å². The first-order valence-corrected chi connectivity index (χ1v) is 7.06. The third-order valence-corrected chi connectivity index (χ3v) is 2.82. The maximum absolute atomic E-state index is 10.3. The summed E-state index contributed by atoms with van der Waals surface area (Å²) in [5.74, 6) is 2.22. The third kappa shape index (κ3) is 11.6. The van der Waals surface area contributed by atoms with Gasteiger partial charge in [-0.05, 0) is 0 Å². The Hall–Kier alpha value is -0.680. The van der Waals surface area contributed by atoms with Gasteiger partial charge in [-0.2, -0.15) is 0 Å². The van der Waals surface area contributed by atoms with E-state index >= 15 is 0 Å². The minimum atomic E-state index is 0.135. The molecule has 0 radical (unpaired) electrons. The second-order valence-corrected chi connectivity index (χ2v) is 5.30. The molecule has 0 aliphatic heterocycles. The summed E-state index contributed by atoms with van der Waals surface area (Å²) in [5, 5.41) is 0. The molecule has 0 fully saturated rings. The number of allylic oxidation sites excluding steroid dienone is 6. The van der Waals surface area contributed by atoms with Gasteiger partial charge in [-0.25, -0.2) is 0 Å². The van der Waals surface area contributed by atoms with Gasteiger partial charge in [-0.3, -0.25) is 0 Å². The second-order valence-electron chi connectivity index (χ2n) is 4.72. The average Bonchev–Trinajstić information content (AvgIpc) is 2.25. The summed E-state index contributed by atoms with van der Waals surface area (Å²) < 4.78 is 10.3. The van der Waals surface area contributed by atoms with E-state index in [9.17, 15) is 4.57 Å². The molecule has 0 aliphatic rings. The van der Waals surface area contributed by atoms with Crippen LogP contribution in [0.1, 0.15) is 47.0 Å². The molecule has 0 aliphatic carbocycles. The Morgan fingerprint density at radius 2 is 2.00 bits per heavy atom. The van der Waals surface area contributed by atoms with E-state index in [1.54, 1.807) is 5.80 Å². The molecule has 0 bridgehead atoms. The van der Waals surface area contributed by atoms with Gasteiger partial charge in [-0.15, -0.1) is 0 Å². The van der Waals surface area contributed by atoms with Crippen LogP contribution >= 0.6 is 8.08 Å². The molecular weight excluding hydrogens is 227 g/mol. The van der Waals surface area contributed by atoms with E-state index in [0.29, 0.717) is 5.92 Å². The van der Waals surface area contributed by atoms with Crippen molar-refractivity contribution in [1.29, 1.82) is 0 Å². The first-order valence-electron chi connectivity index (χ1n) is 6.17. The van der Waals surface area contributed by atoms with Crippen LogP contribution < -0.4 is 0 Å². The standard InChI is InChI=1S/C15H24OP/c1-13(2)7-5-8-14(3)9-6-10-15(4)11-12-17-16/h6-7,9-10,12,15H,5,8,11H2,1-4H3/q+1/b10-6+,14-9+. The third-order valence-electron chi connectivity index (χ3n) is 2.46. The Morgan fingerprint density at radius 1 is 1.29 bits per heavy atom. The van der Waals surface area contributed by atoms with E-state index < -0.39 is 0 Å². The molecule has 0 aromatic carbocycles. The van der Waals surface area contributed by atoms with Gasteiger partial charge in [0.05, 0.1) is 0 Å². The van der Waals surface area contributed by atoms with Crippen LogP contribution in [0.3, 0.4) is 0 Å². The van der Waals surface area contributed by atoms with Gasteiger partial charge in [0, 0.05) is 0 Å². The van der Waals surface area contributed by atoms with Crippen LogP contribution in [-0.2, 0) is 4.57 Å². The van der Waals surface area contributed by atoms with Crippen molar-refractivity contribution < 1.29 is 4.57 Å². The zero-order chi connectivity index (χ0) is 13.1. The van der Waals surface area contributed by atoms with Crippen molar-refractivity contribution in [2.75, 3.05) is 0 Å². The molecule has 17 heavy (non-hydrogen) atoms. The zero-order valence-corrected chi connectivity index (χ0v) is 12.3. The van der Waals surface area contributed by atoms with E-state index in [1.807, 2.05) is 0 Å². The predicted molar refractivity (Wildman–Crippen MR) is 79.0 cm³/mol. The van der Waals surface area contributed by atoms with Gasteiger partial charge in [0.1, 0.15) is 0 Å². The van der Waals surface area contributed by atoms with Crippen molar-refractivity contribution in [3.05, 3.63) is 35.5 Å². The number of hydrogen-bond donors (Lipinski definition) is 0. The van der Waals surface area contributed by atoms with E-state index in [0.717, 1.165) is 19.3 Å². The molecule has 0 rings (SSSR count). The zero-order valence-electron chi connectivity index (χ0n) is 11.4. The average molecular weight is 251 g/mol. The normalized spacial score (nSPS) is 13.5. The Kier molecular flexibility index (Phi) is 10.1. The van der Waals surface area contributed by atoms with Crippen molar-refractivity contribution in [1.82, 2.24) is 0 Å². The summed E-state index contributed by atoms with van der Waals surface area (Å²) in [5.41, 5.74) is 2.78. The molecular formula is C15H24OP+. The maximum atomic E-state index is 10.3. The van der Waals surface area contributed by atoms with Gasteiger partial charge in [0.2, 0.25) is 0 Å². The fraction of sp³-hybridized carbons (Fsp3) is 0.533. The van der Waals surface area contributed by atoms with Crippen LogP contribution in [-0.4, -0.2) is 5.80 Å². The van der Waals surface area contributed by atoms with Crippen LogP contribution in [0, 0.1) is 5.92 Å². The van der Waals surface area contributed by atoms with Crippen molar-refractivity contribution >= 4 is 13.9 Å². The van der Waals surface area contributed by atoms with Gasteiger partial charge in [0.25, 0.3) is 0 Å². The van der Waals surface area contributed by atoms with Crippen LogP contribution in [0.5, 0.6) is 0 Å². The van der Waals surface area contributed by atoms with Crippen molar-refractivity contribution in [3.8, 4) is 0 Å². The summed E-state index contributed by atoms with van der Waals surface area (Å²) >= 11 is 0. The molecule has 0 aromatic heterocycles. The molecule has 0 amide bonds. The van der Waals surface area contributed by atoms with E-state index in [-0.39, 0.29) is 8.08 Å². The molecule has 2 heteroatoms. The Morgan fingerprint density at radius 3 is 2.59 bits per heavy atom. The van der Waals surface area contributed by atoms with Gasteiger partial charge < -0.3 is 0 Å². The summed E-state index contributed by atoms with van der Waals surface area (Å²) in [7, 11) is 0.135. The van der Waals surface area contributed by atoms with E-state index in [4.69, 9.17) is 0 Å². The molecule has 0 aromatic rings. The molecule has 1 unspecified atom stereocenters. The monoisotopic (exact) mass is 251 g/mol. The molecule has 0 N–H and O–H groups in total. The summed E-state index contributed by atoms with van der Waals surface area (Å²) in [6.07, 6.45) is 11.8. The van der Waals surface area contributed by atoms with Crippen LogP contribution in [0.4, 0.5) is 0 Å². The van der Waals surface area contributed by atoms with Crippen molar-refractivity contribution in [2.45, 2.75) is 47.0 Å². The van der Waals surface area contributed by atoms with Crippen molar-refractivity contribution in [3.63, 3.8) is 0 Å². The topological polar surface area (TPSA) is 17.1 Å². The summed E-state index contributed by atoms with van der Waals surface area (Å²) in [4.78, 5) is 0. The summed E-state index contributed by atoms with van der Waals surface area (Å²) in [6.45, 7) is 8.56. The molecule has 0 saturated carbocycles. The van der Waals surface area contributed by atoms with Crippen LogP contribution in [0.15, 0.2) is 35.5 Å². The van der Waals surface area contributed by atoms with Crippen LogP contribution in [0.2, 0.25) is 0 Å². The molecule has 94 valence electrons. The fourth-order valence-corrected chi connectivity index (χ4v) is 1.79. The fourth-order valence-electron chi connectivity index (χ4n) is 1.37. The first kappa shape index (κ1) is 16.3. The minimum absolute atomic E-state index is 0.135. The first-order chi connectivity index (χ1) is 8.06. The summed E-state index contributed by atoms with van der Waals surface area (Å²) in [6, 6.07) is 0. The SMILES string of the molecule is CC(C)=CCC/C(C)=C/C=C/C(C)CC=[P+]=O. The Labute approximate surface area is 107 Å². The molecule has 0 spiro atoms. The Balaban J connectivity index is 4.00.